The van der Waals surface area contributed by atoms with Gasteiger partial charge in [-0.1, -0.05) is 22.4 Å². The van der Waals surface area contributed by atoms with Gasteiger partial charge >= 0.3 is 5.97 Å². The summed E-state index contributed by atoms with van der Waals surface area (Å²) in [6.45, 7) is 0. The summed E-state index contributed by atoms with van der Waals surface area (Å²) in [5, 5.41) is 12.0. The number of benzene rings is 1. The average molecular weight is 356 g/mol. The summed E-state index contributed by atoms with van der Waals surface area (Å²) in [4.78, 5) is 23.2. The van der Waals surface area contributed by atoms with Crippen LogP contribution < -0.4 is 10.1 Å². The molecule has 1 aromatic rings. The highest BCUT2D eigenvalue weighted by Gasteiger charge is 2.33. The van der Waals surface area contributed by atoms with Gasteiger partial charge in [0.15, 0.2) is 0 Å². The summed E-state index contributed by atoms with van der Waals surface area (Å²) in [6.07, 6.45) is 2.39. The van der Waals surface area contributed by atoms with Gasteiger partial charge in [0.25, 0.3) is 0 Å². The summed E-state index contributed by atoms with van der Waals surface area (Å²) in [6, 6.07) is 5.17. The fourth-order valence-electron chi connectivity index (χ4n) is 2.67. The van der Waals surface area contributed by atoms with Crippen LogP contribution in [0.4, 0.5) is 0 Å². The van der Waals surface area contributed by atoms with E-state index in [4.69, 9.17) is 9.84 Å². The van der Waals surface area contributed by atoms with E-state index in [1.54, 1.807) is 13.2 Å². The number of nitrogens with one attached hydrogen (secondary N) is 1. The smallest absolute Gasteiger partial charge is 0.308 e. The Balaban J connectivity index is 2.00. The first-order valence-corrected chi connectivity index (χ1v) is 7.65. The van der Waals surface area contributed by atoms with Crippen molar-refractivity contribution in [3.8, 4) is 5.75 Å². The van der Waals surface area contributed by atoms with E-state index in [1.807, 2.05) is 12.1 Å². The highest BCUT2D eigenvalue weighted by molar-refractivity contribution is 9.10. The highest BCUT2D eigenvalue weighted by atomic mass is 79.9. The highest BCUT2D eigenvalue weighted by Crippen LogP contribution is 2.27. The molecule has 6 heteroatoms. The number of halogens is 1. The van der Waals surface area contributed by atoms with Gasteiger partial charge in [0.1, 0.15) is 5.75 Å². The molecule has 0 saturated heterocycles. The van der Waals surface area contributed by atoms with E-state index in [0.717, 1.165) is 22.9 Å². The number of carboxylic acid groups (broad SMARTS) is 1. The standard InChI is InChI=1S/C15H18BrNO4/c1-21-10-5-6-12(16)9(7-10)8-14(18)17-13-4-2-3-11(13)15(19)20/h5-7,11,13H,2-4,8H2,1H3,(H,17,18)(H,19,20)/t11-,13+/m0/s1. The fourth-order valence-corrected chi connectivity index (χ4v) is 3.06. The van der Waals surface area contributed by atoms with Crippen LogP contribution >= 0.6 is 15.9 Å². The van der Waals surface area contributed by atoms with Crippen molar-refractivity contribution in [1.82, 2.24) is 5.32 Å². The molecular weight excluding hydrogens is 338 g/mol. The van der Waals surface area contributed by atoms with E-state index in [1.165, 1.54) is 0 Å². The molecule has 1 aliphatic rings. The first kappa shape index (κ1) is 15.8. The molecule has 0 spiro atoms. The Morgan fingerprint density at radius 1 is 1.43 bits per heavy atom. The molecule has 5 nitrogen and oxygen atoms in total. The Kier molecular flexibility index (Phi) is 5.22. The van der Waals surface area contributed by atoms with Gasteiger partial charge in [-0.25, -0.2) is 0 Å². The summed E-state index contributed by atoms with van der Waals surface area (Å²) in [7, 11) is 1.57. The lowest BCUT2D eigenvalue weighted by molar-refractivity contribution is -0.142. The molecule has 1 saturated carbocycles. The summed E-state index contributed by atoms with van der Waals surface area (Å²) < 4.78 is 5.98. The van der Waals surface area contributed by atoms with E-state index in [0.29, 0.717) is 12.2 Å². The third-order valence-corrected chi connectivity index (χ3v) is 4.56. The molecule has 0 radical (unpaired) electrons. The molecule has 0 unspecified atom stereocenters. The first-order chi connectivity index (χ1) is 10.0. The monoisotopic (exact) mass is 355 g/mol. The molecule has 2 atom stereocenters. The zero-order chi connectivity index (χ0) is 15.4. The second-order valence-corrected chi connectivity index (χ2v) is 6.04. The lowest BCUT2D eigenvalue weighted by Crippen LogP contribution is -2.40. The number of hydrogen-bond acceptors (Lipinski definition) is 3. The number of amides is 1. The minimum Gasteiger partial charge on any atom is -0.497 e. The van der Waals surface area contributed by atoms with Gasteiger partial charge < -0.3 is 15.2 Å². The van der Waals surface area contributed by atoms with Crippen molar-refractivity contribution in [3.05, 3.63) is 28.2 Å². The van der Waals surface area contributed by atoms with Gasteiger partial charge in [0, 0.05) is 10.5 Å². The molecule has 0 aromatic heterocycles. The average Bonchev–Trinajstić information content (AvgIpc) is 2.89. The maximum Gasteiger partial charge on any atom is 0.308 e. The predicted octanol–water partition coefficient (Wildman–Crippen LogP) is 2.37. The van der Waals surface area contributed by atoms with E-state index in [-0.39, 0.29) is 18.4 Å². The van der Waals surface area contributed by atoms with Gasteiger partial charge in [-0.05, 0) is 36.6 Å². The lowest BCUT2D eigenvalue weighted by Gasteiger charge is -2.18. The molecule has 0 bridgehead atoms. The topological polar surface area (TPSA) is 75.6 Å². The van der Waals surface area contributed by atoms with Crippen LogP contribution in [0.1, 0.15) is 24.8 Å². The van der Waals surface area contributed by atoms with Crippen LogP contribution in [0.15, 0.2) is 22.7 Å². The number of carbonyl (C=O) groups excluding carboxylic acids is 1. The van der Waals surface area contributed by atoms with Gasteiger partial charge in [-0.3, -0.25) is 9.59 Å². The SMILES string of the molecule is COc1ccc(Br)c(CC(=O)N[C@@H]2CCC[C@@H]2C(=O)O)c1. The van der Waals surface area contributed by atoms with Gasteiger partial charge in [0.2, 0.25) is 5.91 Å². The van der Waals surface area contributed by atoms with Crippen molar-refractivity contribution in [3.63, 3.8) is 0 Å². The molecule has 2 rings (SSSR count). The Hall–Kier alpha value is -1.56. The predicted molar refractivity (Wildman–Crippen MR) is 81.3 cm³/mol. The number of carbonyl (C=O) groups is 2. The number of methoxy groups -OCH3 is 1. The molecular formula is C15H18BrNO4. The van der Waals surface area contributed by atoms with Gasteiger partial charge in [-0.15, -0.1) is 0 Å². The summed E-state index contributed by atoms with van der Waals surface area (Å²) >= 11 is 3.41. The molecule has 1 fully saturated rings. The summed E-state index contributed by atoms with van der Waals surface area (Å²) in [5.41, 5.74) is 0.816. The molecule has 1 aliphatic carbocycles. The lowest BCUT2D eigenvalue weighted by atomic mass is 10.0. The Bertz CT molecular complexity index is 546. The molecule has 0 heterocycles. The molecule has 114 valence electrons. The van der Waals surface area contributed by atoms with E-state index < -0.39 is 11.9 Å². The number of ether oxygens (including phenoxy) is 1. The van der Waals surface area contributed by atoms with Crippen molar-refractivity contribution in [2.45, 2.75) is 31.7 Å². The maximum absolute atomic E-state index is 12.1. The molecule has 2 N–H and O–H groups in total. The third-order valence-electron chi connectivity index (χ3n) is 3.78. The van der Waals surface area contributed by atoms with E-state index in [9.17, 15) is 9.59 Å². The largest absolute Gasteiger partial charge is 0.497 e. The number of carboxylic acids is 1. The van der Waals surface area contributed by atoms with Crippen molar-refractivity contribution >= 4 is 27.8 Å². The molecule has 21 heavy (non-hydrogen) atoms. The number of aliphatic carboxylic acids is 1. The van der Waals surface area contributed by atoms with E-state index in [2.05, 4.69) is 21.2 Å². The summed E-state index contributed by atoms with van der Waals surface area (Å²) in [5.74, 6) is -0.782. The Morgan fingerprint density at radius 2 is 2.19 bits per heavy atom. The minimum absolute atomic E-state index is 0.165. The van der Waals surface area contributed by atoms with Gasteiger partial charge in [-0.2, -0.15) is 0 Å². The van der Waals surface area contributed by atoms with Crippen molar-refractivity contribution in [2.75, 3.05) is 7.11 Å². The van der Waals surface area contributed by atoms with Crippen LogP contribution in [-0.4, -0.2) is 30.1 Å². The van der Waals surface area contributed by atoms with Crippen molar-refractivity contribution in [2.24, 2.45) is 5.92 Å². The molecule has 1 amide bonds. The van der Waals surface area contributed by atoms with Crippen LogP contribution in [0.5, 0.6) is 5.75 Å². The second-order valence-electron chi connectivity index (χ2n) is 5.18. The van der Waals surface area contributed by atoms with Gasteiger partial charge in [0.05, 0.1) is 19.4 Å². The van der Waals surface area contributed by atoms with Crippen LogP contribution in [0.3, 0.4) is 0 Å². The number of rotatable bonds is 5. The zero-order valence-electron chi connectivity index (χ0n) is 11.8. The Labute approximate surface area is 131 Å². The first-order valence-electron chi connectivity index (χ1n) is 6.86. The molecule has 1 aromatic carbocycles. The van der Waals surface area contributed by atoms with E-state index >= 15 is 0 Å². The third kappa shape index (κ3) is 3.97. The maximum atomic E-state index is 12.1. The zero-order valence-corrected chi connectivity index (χ0v) is 13.4. The Morgan fingerprint density at radius 3 is 2.86 bits per heavy atom. The van der Waals surface area contributed by atoms with Crippen molar-refractivity contribution < 1.29 is 19.4 Å². The fraction of sp³-hybridized carbons (Fsp3) is 0.467. The minimum atomic E-state index is -0.833. The van der Waals surface area contributed by atoms with Crippen LogP contribution in [0.2, 0.25) is 0 Å². The van der Waals surface area contributed by atoms with Crippen LogP contribution in [-0.2, 0) is 16.0 Å². The molecule has 0 aliphatic heterocycles. The normalized spacial score (nSPS) is 21.0. The van der Waals surface area contributed by atoms with Crippen LogP contribution in [0, 0.1) is 5.92 Å². The van der Waals surface area contributed by atoms with Crippen LogP contribution in [0.25, 0.3) is 0 Å². The van der Waals surface area contributed by atoms with Crippen molar-refractivity contribution in [1.29, 1.82) is 0 Å². The quantitative estimate of drug-likeness (QED) is 0.849. The number of hydrogen-bond donors (Lipinski definition) is 2. The second kappa shape index (κ2) is 6.93.